The number of hydrogen-bond acceptors (Lipinski definition) is 5. The number of hydrogen-bond donors (Lipinski definition) is 4. The third kappa shape index (κ3) is 8.77. The monoisotopic (exact) mass is 318 g/mol. The summed E-state index contributed by atoms with van der Waals surface area (Å²) in [6.07, 6.45) is -1.46. The SMILES string of the molecule is C[C@H](NC(=O)OC(C)(C)C)C(=O)N[C@H](CCC(=O)O)C(=O)O. The van der Waals surface area contributed by atoms with Crippen LogP contribution in [0.4, 0.5) is 4.79 Å². The van der Waals surface area contributed by atoms with Crippen LogP contribution < -0.4 is 10.6 Å². The fourth-order valence-electron chi connectivity index (χ4n) is 1.37. The molecule has 9 nitrogen and oxygen atoms in total. The molecule has 0 aliphatic heterocycles. The molecule has 0 aliphatic carbocycles. The van der Waals surface area contributed by atoms with Crippen molar-refractivity contribution in [2.75, 3.05) is 0 Å². The summed E-state index contributed by atoms with van der Waals surface area (Å²) in [5, 5.41) is 21.9. The standard InChI is InChI=1S/C13H22N2O7/c1-7(14-12(21)22-13(2,3)4)10(18)15-8(11(19)20)5-6-9(16)17/h7-8H,5-6H2,1-4H3,(H,14,21)(H,15,18)(H,16,17)(H,19,20)/t7-,8+/m0/s1. The molecule has 2 amide bonds. The van der Waals surface area contributed by atoms with E-state index in [9.17, 15) is 19.2 Å². The van der Waals surface area contributed by atoms with Crippen LogP contribution >= 0.6 is 0 Å². The average molecular weight is 318 g/mol. The highest BCUT2D eigenvalue weighted by Gasteiger charge is 2.25. The molecule has 22 heavy (non-hydrogen) atoms. The smallest absolute Gasteiger partial charge is 0.408 e. The Morgan fingerprint density at radius 1 is 1.09 bits per heavy atom. The lowest BCUT2D eigenvalue weighted by Crippen LogP contribution is -2.51. The largest absolute Gasteiger partial charge is 0.481 e. The summed E-state index contributed by atoms with van der Waals surface area (Å²) < 4.78 is 4.97. The third-order valence-corrected chi connectivity index (χ3v) is 2.39. The number of carboxylic acid groups (broad SMARTS) is 2. The van der Waals surface area contributed by atoms with E-state index in [0.29, 0.717) is 0 Å². The first-order chi connectivity index (χ1) is 9.92. The zero-order chi connectivity index (χ0) is 17.5. The van der Waals surface area contributed by atoms with Gasteiger partial charge in [0.2, 0.25) is 5.91 Å². The molecule has 0 aromatic carbocycles. The summed E-state index contributed by atoms with van der Waals surface area (Å²) in [5.41, 5.74) is -0.731. The second-order valence-electron chi connectivity index (χ2n) is 5.70. The first-order valence-corrected chi connectivity index (χ1v) is 6.67. The van der Waals surface area contributed by atoms with Gasteiger partial charge in [0, 0.05) is 6.42 Å². The van der Waals surface area contributed by atoms with E-state index in [4.69, 9.17) is 14.9 Å². The normalized spacial score (nSPS) is 13.6. The molecule has 0 aliphatic rings. The summed E-state index contributed by atoms with van der Waals surface area (Å²) in [6.45, 7) is 6.33. The van der Waals surface area contributed by atoms with E-state index < -0.39 is 48.0 Å². The zero-order valence-corrected chi connectivity index (χ0v) is 13.0. The molecule has 0 saturated heterocycles. The Bertz CT molecular complexity index is 442. The molecule has 9 heteroatoms. The molecule has 0 rings (SSSR count). The van der Waals surface area contributed by atoms with Crippen molar-refractivity contribution in [3.05, 3.63) is 0 Å². The summed E-state index contributed by atoms with van der Waals surface area (Å²) in [7, 11) is 0. The lowest BCUT2D eigenvalue weighted by Gasteiger charge is -2.22. The lowest BCUT2D eigenvalue weighted by atomic mass is 10.1. The Kier molecular flexibility index (Phi) is 7.34. The Balaban J connectivity index is 4.50. The quantitative estimate of drug-likeness (QED) is 0.530. The van der Waals surface area contributed by atoms with Crippen LogP contribution in [0.3, 0.4) is 0 Å². The number of carbonyl (C=O) groups excluding carboxylic acids is 2. The first kappa shape index (κ1) is 19.7. The summed E-state index contributed by atoms with van der Waals surface area (Å²) >= 11 is 0. The van der Waals surface area contributed by atoms with Crippen LogP contribution in [0.15, 0.2) is 0 Å². The number of rotatable bonds is 7. The highest BCUT2D eigenvalue weighted by atomic mass is 16.6. The van der Waals surface area contributed by atoms with Crippen molar-refractivity contribution in [1.82, 2.24) is 10.6 Å². The van der Waals surface area contributed by atoms with Crippen LogP contribution in [0.5, 0.6) is 0 Å². The summed E-state index contributed by atoms with van der Waals surface area (Å²) in [6, 6.07) is -2.37. The molecule has 126 valence electrons. The van der Waals surface area contributed by atoms with Gasteiger partial charge in [-0.25, -0.2) is 9.59 Å². The fraction of sp³-hybridized carbons (Fsp3) is 0.692. The van der Waals surface area contributed by atoms with Crippen LogP contribution in [0.2, 0.25) is 0 Å². The van der Waals surface area contributed by atoms with Crippen molar-refractivity contribution >= 4 is 23.9 Å². The van der Waals surface area contributed by atoms with Gasteiger partial charge in [-0.15, -0.1) is 0 Å². The number of carbonyl (C=O) groups is 4. The number of ether oxygens (including phenoxy) is 1. The maximum Gasteiger partial charge on any atom is 0.408 e. The van der Waals surface area contributed by atoms with Gasteiger partial charge in [0.15, 0.2) is 0 Å². The fourth-order valence-corrected chi connectivity index (χ4v) is 1.37. The molecular weight excluding hydrogens is 296 g/mol. The lowest BCUT2D eigenvalue weighted by molar-refractivity contribution is -0.143. The van der Waals surface area contributed by atoms with Gasteiger partial charge >= 0.3 is 18.0 Å². The van der Waals surface area contributed by atoms with Crippen molar-refractivity contribution < 1.29 is 34.1 Å². The van der Waals surface area contributed by atoms with Gasteiger partial charge < -0.3 is 25.6 Å². The van der Waals surface area contributed by atoms with Crippen molar-refractivity contribution in [2.24, 2.45) is 0 Å². The van der Waals surface area contributed by atoms with E-state index in [-0.39, 0.29) is 6.42 Å². The minimum atomic E-state index is -1.35. The Morgan fingerprint density at radius 2 is 1.64 bits per heavy atom. The van der Waals surface area contributed by atoms with E-state index in [1.165, 1.54) is 6.92 Å². The van der Waals surface area contributed by atoms with E-state index in [0.717, 1.165) is 0 Å². The average Bonchev–Trinajstić information content (AvgIpc) is 2.30. The molecule has 0 heterocycles. The van der Waals surface area contributed by atoms with Gasteiger partial charge in [0.1, 0.15) is 17.7 Å². The zero-order valence-electron chi connectivity index (χ0n) is 13.0. The second-order valence-corrected chi connectivity index (χ2v) is 5.70. The van der Waals surface area contributed by atoms with Gasteiger partial charge in [0.05, 0.1) is 0 Å². The molecule has 0 aromatic heterocycles. The van der Waals surface area contributed by atoms with Gasteiger partial charge in [-0.1, -0.05) is 0 Å². The van der Waals surface area contributed by atoms with Gasteiger partial charge in [-0.3, -0.25) is 9.59 Å². The molecule has 2 atom stereocenters. The molecule has 0 fully saturated rings. The predicted molar refractivity (Wildman–Crippen MR) is 75.3 cm³/mol. The van der Waals surface area contributed by atoms with Gasteiger partial charge in [-0.05, 0) is 34.1 Å². The second kappa shape index (κ2) is 8.20. The van der Waals surface area contributed by atoms with Crippen LogP contribution in [0, 0.1) is 0 Å². The van der Waals surface area contributed by atoms with Crippen LogP contribution in [0.1, 0.15) is 40.5 Å². The predicted octanol–water partition coefficient (Wildman–Crippen LogP) is 0.334. The summed E-state index contributed by atoms with van der Waals surface area (Å²) in [5.74, 6) is -3.26. The molecule has 0 radical (unpaired) electrons. The van der Waals surface area contributed by atoms with Crippen molar-refractivity contribution in [2.45, 2.75) is 58.2 Å². The maximum atomic E-state index is 11.8. The van der Waals surface area contributed by atoms with E-state index >= 15 is 0 Å². The van der Waals surface area contributed by atoms with Gasteiger partial charge in [0.25, 0.3) is 0 Å². The number of aliphatic carboxylic acids is 2. The minimum Gasteiger partial charge on any atom is -0.481 e. The van der Waals surface area contributed by atoms with Gasteiger partial charge in [-0.2, -0.15) is 0 Å². The van der Waals surface area contributed by atoms with E-state index in [1.807, 2.05) is 0 Å². The molecule has 0 bridgehead atoms. The van der Waals surface area contributed by atoms with Crippen molar-refractivity contribution in [3.8, 4) is 0 Å². The third-order valence-electron chi connectivity index (χ3n) is 2.39. The van der Waals surface area contributed by atoms with E-state index in [1.54, 1.807) is 20.8 Å². The highest BCUT2D eigenvalue weighted by Crippen LogP contribution is 2.07. The Hall–Kier alpha value is -2.32. The summed E-state index contributed by atoms with van der Waals surface area (Å²) in [4.78, 5) is 44.7. The van der Waals surface area contributed by atoms with Crippen molar-refractivity contribution in [1.29, 1.82) is 0 Å². The van der Waals surface area contributed by atoms with Crippen molar-refractivity contribution in [3.63, 3.8) is 0 Å². The number of carboxylic acids is 2. The van der Waals surface area contributed by atoms with Crippen LogP contribution in [0.25, 0.3) is 0 Å². The molecule has 0 spiro atoms. The number of amides is 2. The maximum absolute atomic E-state index is 11.8. The Morgan fingerprint density at radius 3 is 2.05 bits per heavy atom. The molecule has 0 aromatic rings. The molecule has 4 N–H and O–H groups in total. The molecule has 0 unspecified atom stereocenters. The topological polar surface area (TPSA) is 142 Å². The Labute approximate surface area is 128 Å². The molecular formula is C13H22N2O7. The highest BCUT2D eigenvalue weighted by molar-refractivity contribution is 5.89. The van der Waals surface area contributed by atoms with Crippen LogP contribution in [-0.4, -0.2) is 51.8 Å². The first-order valence-electron chi connectivity index (χ1n) is 6.67. The minimum absolute atomic E-state index is 0.254. The van der Waals surface area contributed by atoms with E-state index in [2.05, 4.69) is 10.6 Å². The number of nitrogens with one attached hydrogen (secondary N) is 2. The van der Waals surface area contributed by atoms with Crippen LogP contribution in [-0.2, 0) is 19.1 Å². The molecule has 0 saturated carbocycles. The number of alkyl carbamates (subject to hydrolysis) is 1.